The van der Waals surface area contributed by atoms with Gasteiger partial charge in [0.25, 0.3) is 0 Å². The number of halogens is 1. The molecule has 1 aromatic carbocycles. The second-order valence-electron chi connectivity index (χ2n) is 3.86. The highest BCUT2D eigenvalue weighted by Crippen LogP contribution is 2.27. The van der Waals surface area contributed by atoms with Gasteiger partial charge in [0.1, 0.15) is 11.9 Å². The molecule has 0 fully saturated rings. The van der Waals surface area contributed by atoms with E-state index in [1.807, 2.05) is 0 Å². The zero-order chi connectivity index (χ0) is 14.0. The van der Waals surface area contributed by atoms with Gasteiger partial charge in [-0.2, -0.15) is 0 Å². The van der Waals surface area contributed by atoms with Crippen LogP contribution in [0.2, 0.25) is 0 Å². The van der Waals surface area contributed by atoms with Crippen molar-refractivity contribution < 1.29 is 24.1 Å². The number of hydrogen-bond donors (Lipinski definition) is 3. The Morgan fingerprint density at radius 2 is 2.21 bits per heavy atom. The van der Waals surface area contributed by atoms with Crippen LogP contribution in [-0.2, 0) is 0 Å². The van der Waals surface area contributed by atoms with Crippen molar-refractivity contribution in [2.24, 2.45) is 5.73 Å². The van der Waals surface area contributed by atoms with Crippen LogP contribution in [0.25, 0.3) is 10.8 Å². The lowest BCUT2D eigenvalue weighted by Gasteiger charge is -2.12. The molecule has 0 bridgehead atoms. The maximum atomic E-state index is 13.4. The van der Waals surface area contributed by atoms with Gasteiger partial charge in [0.15, 0.2) is 0 Å². The highest BCUT2D eigenvalue weighted by atomic mass is 19.1. The maximum Gasteiger partial charge on any atom is 0.411 e. The van der Waals surface area contributed by atoms with Crippen LogP contribution in [0.4, 0.5) is 9.18 Å². The van der Waals surface area contributed by atoms with Crippen molar-refractivity contribution in [1.29, 1.82) is 0 Å². The summed E-state index contributed by atoms with van der Waals surface area (Å²) in [6, 6.07) is 3.62. The van der Waals surface area contributed by atoms with Gasteiger partial charge in [-0.25, -0.2) is 14.2 Å². The van der Waals surface area contributed by atoms with Gasteiger partial charge in [0, 0.05) is 17.6 Å². The Hall–Kier alpha value is -2.25. The minimum Gasteiger partial charge on any atom is -0.393 e. The molecule has 6 nitrogen and oxygen atoms in total. The van der Waals surface area contributed by atoms with Crippen LogP contribution in [-0.4, -0.2) is 27.9 Å². The molecule has 0 radical (unpaired) electrons. The van der Waals surface area contributed by atoms with Crippen LogP contribution >= 0.6 is 0 Å². The minimum absolute atomic E-state index is 0.0740. The van der Waals surface area contributed by atoms with Crippen molar-refractivity contribution in [2.75, 3.05) is 6.61 Å². The Morgan fingerprint density at radius 3 is 2.84 bits per heavy atom. The predicted octanol–water partition coefficient (Wildman–Crippen LogP) is 0.857. The largest absolute Gasteiger partial charge is 0.411 e. The normalized spacial score (nSPS) is 12.4. The minimum atomic E-state index is -1.22. The Morgan fingerprint density at radius 1 is 1.47 bits per heavy atom. The smallest absolute Gasteiger partial charge is 0.393 e. The summed E-state index contributed by atoms with van der Waals surface area (Å²) >= 11 is 0. The van der Waals surface area contributed by atoms with E-state index in [9.17, 15) is 14.3 Å². The van der Waals surface area contributed by atoms with E-state index in [-0.39, 0.29) is 11.4 Å². The van der Waals surface area contributed by atoms with Gasteiger partial charge in [0.2, 0.25) is 5.88 Å². The standard InChI is InChI=1S/C12H11FN2O4/c13-7-1-6-2-11(19-12(14)18)15-4-9(6)8(3-7)10(17)5-16/h1-4,10,16-17H,5H2,(H2,14,18). The molecule has 1 unspecified atom stereocenters. The first-order valence-corrected chi connectivity index (χ1v) is 5.36. The van der Waals surface area contributed by atoms with E-state index < -0.39 is 24.6 Å². The Kier molecular flexibility index (Phi) is 3.59. The number of aliphatic hydroxyl groups excluding tert-OH is 2. The van der Waals surface area contributed by atoms with Crippen LogP contribution in [0.3, 0.4) is 0 Å². The summed E-state index contributed by atoms with van der Waals surface area (Å²) in [7, 11) is 0. The number of benzene rings is 1. The predicted molar refractivity (Wildman–Crippen MR) is 64.0 cm³/mol. The third-order valence-electron chi connectivity index (χ3n) is 2.55. The number of aromatic nitrogens is 1. The summed E-state index contributed by atoms with van der Waals surface area (Å²) in [6.07, 6.45) is -0.942. The number of nitrogens with two attached hydrogens (primary N) is 1. The monoisotopic (exact) mass is 266 g/mol. The number of pyridine rings is 1. The summed E-state index contributed by atoms with van der Waals surface area (Å²) in [6.45, 7) is -0.544. The van der Waals surface area contributed by atoms with Crippen LogP contribution < -0.4 is 10.5 Å². The Bertz CT molecular complexity index is 632. The fraction of sp³-hybridized carbons (Fsp3) is 0.167. The molecule has 0 spiro atoms. The van der Waals surface area contributed by atoms with Gasteiger partial charge < -0.3 is 20.7 Å². The SMILES string of the molecule is NC(=O)Oc1cc2cc(F)cc(C(O)CO)c2cn1. The number of nitrogens with zero attached hydrogens (tertiary/aromatic N) is 1. The number of primary amides is 1. The molecule has 0 aliphatic heterocycles. The number of ether oxygens (including phenoxy) is 1. The first-order valence-electron chi connectivity index (χ1n) is 5.36. The quantitative estimate of drug-likeness (QED) is 0.764. The fourth-order valence-electron chi connectivity index (χ4n) is 1.76. The third-order valence-corrected chi connectivity index (χ3v) is 2.55. The average Bonchev–Trinajstić information content (AvgIpc) is 2.35. The lowest BCUT2D eigenvalue weighted by molar-refractivity contribution is 0.0965. The van der Waals surface area contributed by atoms with Gasteiger partial charge in [-0.15, -0.1) is 0 Å². The topological polar surface area (TPSA) is 106 Å². The first-order chi connectivity index (χ1) is 9.01. The van der Waals surface area contributed by atoms with E-state index >= 15 is 0 Å². The summed E-state index contributed by atoms with van der Waals surface area (Å²) < 4.78 is 18.0. The van der Waals surface area contributed by atoms with Crippen molar-refractivity contribution in [3.05, 3.63) is 35.8 Å². The molecular formula is C12H11FN2O4. The van der Waals surface area contributed by atoms with Gasteiger partial charge >= 0.3 is 6.09 Å². The molecule has 2 aromatic rings. The van der Waals surface area contributed by atoms with E-state index in [1.54, 1.807) is 0 Å². The van der Waals surface area contributed by atoms with E-state index in [1.165, 1.54) is 18.3 Å². The zero-order valence-electron chi connectivity index (χ0n) is 9.71. The molecule has 1 heterocycles. The highest BCUT2D eigenvalue weighted by molar-refractivity contribution is 5.86. The lowest BCUT2D eigenvalue weighted by Crippen LogP contribution is -2.16. The molecule has 19 heavy (non-hydrogen) atoms. The van der Waals surface area contributed by atoms with Gasteiger partial charge in [-0.05, 0) is 23.1 Å². The van der Waals surface area contributed by atoms with Crippen molar-refractivity contribution in [2.45, 2.75) is 6.10 Å². The summed E-state index contributed by atoms with van der Waals surface area (Å²) in [4.78, 5) is 14.4. The number of amides is 1. The van der Waals surface area contributed by atoms with Crippen LogP contribution in [0.5, 0.6) is 5.88 Å². The van der Waals surface area contributed by atoms with Crippen molar-refractivity contribution in [3.63, 3.8) is 0 Å². The molecule has 1 amide bonds. The van der Waals surface area contributed by atoms with Gasteiger partial charge in [0.05, 0.1) is 6.61 Å². The molecule has 4 N–H and O–H groups in total. The Labute approximate surface area is 107 Å². The fourth-order valence-corrected chi connectivity index (χ4v) is 1.76. The number of carbonyl (C=O) groups excluding carboxylic acids is 1. The van der Waals surface area contributed by atoms with E-state index in [0.717, 1.165) is 6.07 Å². The molecule has 2 rings (SSSR count). The van der Waals surface area contributed by atoms with Crippen molar-refractivity contribution in [1.82, 2.24) is 4.98 Å². The molecule has 1 atom stereocenters. The maximum absolute atomic E-state index is 13.4. The number of fused-ring (bicyclic) bond motifs is 1. The zero-order valence-corrected chi connectivity index (χ0v) is 9.71. The average molecular weight is 266 g/mol. The molecule has 0 aliphatic rings. The summed E-state index contributed by atoms with van der Waals surface area (Å²) in [5, 5.41) is 19.4. The van der Waals surface area contributed by atoms with Crippen molar-refractivity contribution >= 4 is 16.9 Å². The molecule has 0 saturated carbocycles. The van der Waals surface area contributed by atoms with Crippen LogP contribution in [0.1, 0.15) is 11.7 Å². The summed E-state index contributed by atoms with van der Waals surface area (Å²) in [5.74, 6) is -0.665. The highest BCUT2D eigenvalue weighted by Gasteiger charge is 2.13. The number of hydrogen-bond acceptors (Lipinski definition) is 5. The van der Waals surface area contributed by atoms with Crippen molar-refractivity contribution in [3.8, 4) is 5.88 Å². The Balaban J connectivity index is 2.57. The van der Waals surface area contributed by atoms with E-state index in [0.29, 0.717) is 10.8 Å². The van der Waals surface area contributed by atoms with E-state index in [4.69, 9.17) is 10.8 Å². The lowest BCUT2D eigenvalue weighted by atomic mass is 10.0. The second kappa shape index (κ2) is 5.17. The van der Waals surface area contributed by atoms with Gasteiger partial charge in [-0.3, -0.25) is 0 Å². The molecule has 100 valence electrons. The number of rotatable bonds is 3. The van der Waals surface area contributed by atoms with E-state index in [2.05, 4.69) is 9.72 Å². The molecule has 7 heteroatoms. The molecule has 0 aliphatic carbocycles. The van der Waals surface area contributed by atoms with Crippen LogP contribution in [0.15, 0.2) is 24.4 Å². The third kappa shape index (κ3) is 2.78. The van der Waals surface area contributed by atoms with Gasteiger partial charge in [-0.1, -0.05) is 0 Å². The van der Waals surface area contributed by atoms with Crippen LogP contribution in [0, 0.1) is 5.82 Å². The number of carbonyl (C=O) groups is 1. The molecular weight excluding hydrogens is 255 g/mol. The second-order valence-corrected chi connectivity index (χ2v) is 3.86. The first kappa shape index (κ1) is 13.2. The molecule has 1 aromatic heterocycles. The molecule has 0 saturated heterocycles. The summed E-state index contributed by atoms with van der Waals surface area (Å²) in [5.41, 5.74) is 5.05. The number of aliphatic hydroxyl groups is 2.